The largest absolute Gasteiger partial charge is 0.493 e. The zero-order chi connectivity index (χ0) is 12.6. The third-order valence-corrected chi connectivity index (χ3v) is 3.42. The fraction of sp³-hybridized carbons (Fsp3) is 0.125. The highest BCUT2D eigenvalue weighted by Crippen LogP contribution is 2.24. The van der Waals surface area contributed by atoms with Crippen LogP contribution in [-0.4, -0.2) is 12.4 Å². The van der Waals surface area contributed by atoms with Gasteiger partial charge in [0.05, 0.1) is 6.61 Å². The molecule has 0 aromatic heterocycles. The lowest BCUT2D eigenvalue weighted by molar-refractivity contribution is 0.344. The van der Waals surface area contributed by atoms with Crippen LogP contribution in [-0.2, 0) is 0 Å². The molecule has 92 valence electrons. The summed E-state index contributed by atoms with van der Waals surface area (Å²) < 4.78 is 5.63. The lowest BCUT2D eigenvalue weighted by Gasteiger charge is -2.07. The van der Waals surface area contributed by atoms with E-state index in [1.54, 1.807) is 11.8 Å². The number of rotatable bonds is 6. The Morgan fingerprint density at radius 1 is 0.944 bits per heavy atom. The summed E-state index contributed by atoms with van der Waals surface area (Å²) in [4.78, 5) is 1.09. The Kier molecular flexibility index (Phi) is 4.91. The Morgan fingerprint density at radius 2 is 1.56 bits per heavy atom. The van der Waals surface area contributed by atoms with Crippen LogP contribution >= 0.6 is 11.8 Å². The Labute approximate surface area is 112 Å². The molecule has 18 heavy (non-hydrogen) atoms. The molecule has 1 nitrogen and oxygen atoms in total. The number of hydrogen-bond acceptors (Lipinski definition) is 2. The molecule has 2 aromatic carbocycles. The third-order valence-electron chi connectivity index (χ3n) is 2.47. The number of hydrogen-bond donors (Lipinski definition) is 0. The van der Waals surface area contributed by atoms with Crippen LogP contribution in [0, 0.1) is 0 Å². The van der Waals surface area contributed by atoms with Gasteiger partial charge in [-0.15, -0.1) is 11.8 Å². The average Bonchev–Trinajstić information content (AvgIpc) is 2.45. The summed E-state index contributed by atoms with van der Waals surface area (Å²) in [6.07, 6.45) is 0. The highest BCUT2D eigenvalue weighted by molar-refractivity contribution is 8.08. The van der Waals surface area contributed by atoms with Crippen LogP contribution in [0.25, 0.3) is 4.91 Å². The number of ether oxygens (including phenoxy) is 1. The highest BCUT2D eigenvalue weighted by Gasteiger charge is 1.99. The van der Waals surface area contributed by atoms with Gasteiger partial charge in [-0.05, 0) is 17.7 Å². The van der Waals surface area contributed by atoms with E-state index in [1.165, 1.54) is 5.56 Å². The minimum atomic E-state index is 0.695. The molecule has 2 aromatic rings. The second-order valence-electron chi connectivity index (χ2n) is 3.80. The van der Waals surface area contributed by atoms with Crippen molar-refractivity contribution in [3.8, 4) is 5.75 Å². The average molecular weight is 256 g/mol. The maximum atomic E-state index is 5.63. The second kappa shape index (κ2) is 6.92. The van der Waals surface area contributed by atoms with E-state index in [0.29, 0.717) is 6.61 Å². The maximum absolute atomic E-state index is 5.63. The molecule has 0 bridgehead atoms. The first kappa shape index (κ1) is 12.8. The maximum Gasteiger partial charge on any atom is 0.119 e. The molecular weight excluding hydrogens is 240 g/mol. The van der Waals surface area contributed by atoms with E-state index in [9.17, 15) is 0 Å². The smallest absolute Gasteiger partial charge is 0.119 e. The first-order valence-electron chi connectivity index (χ1n) is 5.91. The van der Waals surface area contributed by atoms with Crippen molar-refractivity contribution in [2.45, 2.75) is 0 Å². The van der Waals surface area contributed by atoms with Crippen molar-refractivity contribution in [2.75, 3.05) is 12.4 Å². The van der Waals surface area contributed by atoms with Gasteiger partial charge in [0.25, 0.3) is 0 Å². The van der Waals surface area contributed by atoms with Crippen molar-refractivity contribution in [3.63, 3.8) is 0 Å². The summed E-state index contributed by atoms with van der Waals surface area (Å²) in [6, 6.07) is 20.1. The summed E-state index contributed by atoms with van der Waals surface area (Å²) in [5.74, 6) is 1.83. The van der Waals surface area contributed by atoms with Crippen LogP contribution in [0.15, 0.2) is 67.2 Å². The quantitative estimate of drug-likeness (QED) is 0.705. The molecule has 0 aliphatic heterocycles. The molecule has 0 N–H and O–H groups in total. The Bertz CT molecular complexity index is 479. The van der Waals surface area contributed by atoms with E-state index < -0.39 is 0 Å². The molecular formula is C16H16OS. The molecule has 0 aliphatic carbocycles. The summed E-state index contributed by atoms with van der Waals surface area (Å²) in [7, 11) is 0. The molecule has 0 saturated carbocycles. The summed E-state index contributed by atoms with van der Waals surface area (Å²) in [6.45, 7) is 4.77. The van der Waals surface area contributed by atoms with Crippen LogP contribution in [0.5, 0.6) is 5.75 Å². The predicted octanol–water partition coefficient (Wildman–Crippen LogP) is 4.47. The first-order chi connectivity index (χ1) is 8.86. The van der Waals surface area contributed by atoms with E-state index in [1.807, 2.05) is 48.5 Å². The van der Waals surface area contributed by atoms with E-state index in [0.717, 1.165) is 16.4 Å². The zero-order valence-electron chi connectivity index (χ0n) is 10.2. The summed E-state index contributed by atoms with van der Waals surface area (Å²) >= 11 is 1.73. The van der Waals surface area contributed by atoms with Crippen LogP contribution < -0.4 is 4.74 Å². The Balaban J connectivity index is 1.72. The van der Waals surface area contributed by atoms with E-state index in [-0.39, 0.29) is 0 Å². The number of para-hydroxylation sites is 1. The summed E-state index contributed by atoms with van der Waals surface area (Å²) in [5, 5.41) is 0. The number of thioether (sulfide) groups is 1. The van der Waals surface area contributed by atoms with Gasteiger partial charge in [-0.3, -0.25) is 0 Å². The highest BCUT2D eigenvalue weighted by atomic mass is 32.2. The fourth-order valence-electron chi connectivity index (χ4n) is 1.55. The molecule has 0 atom stereocenters. The molecule has 0 amide bonds. The predicted molar refractivity (Wildman–Crippen MR) is 79.9 cm³/mol. The zero-order valence-corrected chi connectivity index (χ0v) is 11.0. The van der Waals surface area contributed by atoms with Gasteiger partial charge in [0.15, 0.2) is 0 Å². The minimum Gasteiger partial charge on any atom is -0.493 e. The Hall–Kier alpha value is -1.67. The molecule has 0 radical (unpaired) electrons. The van der Waals surface area contributed by atoms with Gasteiger partial charge in [-0.1, -0.05) is 55.1 Å². The van der Waals surface area contributed by atoms with Crippen molar-refractivity contribution in [2.24, 2.45) is 0 Å². The van der Waals surface area contributed by atoms with Gasteiger partial charge in [0, 0.05) is 10.7 Å². The van der Waals surface area contributed by atoms with Crippen LogP contribution in [0.1, 0.15) is 5.56 Å². The third kappa shape index (κ3) is 3.97. The molecule has 2 rings (SSSR count). The van der Waals surface area contributed by atoms with Gasteiger partial charge < -0.3 is 4.74 Å². The van der Waals surface area contributed by atoms with Crippen molar-refractivity contribution >= 4 is 16.7 Å². The topological polar surface area (TPSA) is 9.23 Å². The van der Waals surface area contributed by atoms with Crippen molar-refractivity contribution < 1.29 is 4.74 Å². The Morgan fingerprint density at radius 3 is 2.22 bits per heavy atom. The van der Waals surface area contributed by atoms with Crippen molar-refractivity contribution in [1.29, 1.82) is 0 Å². The number of benzene rings is 2. The fourth-order valence-corrected chi connectivity index (χ4v) is 2.26. The molecule has 0 aliphatic rings. The van der Waals surface area contributed by atoms with Crippen LogP contribution in [0.2, 0.25) is 0 Å². The van der Waals surface area contributed by atoms with E-state index >= 15 is 0 Å². The van der Waals surface area contributed by atoms with E-state index in [2.05, 4.69) is 18.7 Å². The molecule has 0 saturated heterocycles. The van der Waals surface area contributed by atoms with Gasteiger partial charge >= 0.3 is 0 Å². The molecule has 0 spiro atoms. The van der Waals surface area contributed by atoms with Gasteiger partial charge in [-0.25, -0.2) is 0 Å². The normalized spacial score (nSPS) is 10.0. The SMILES string of the molecule is C=C(SCCOc1ccccc1)c1ccccc1. The van der Waals surface area contributed by atoms with Crippen molar-refractivity contribution in [1.82, 2.24) is 0 Å². The van der Waals surface area contributed by atoms with E-state index in [4.69, 9.17) is 4.74 Å². The van der Waals surface area contributed by atoms with Gasteiger partial charge in [0.2, 0.25) is 0 Å². The monoisotopic (exact) mass is 256 g/mol. The standard InChI is InChI=1S/C16H16OS/c1-14(15-8-4-2-5-9-15)18-13-12-17-16-10-6-3-7-11-16/h2-11H,1,12-13H2. The lowest BCUT2D eigenvalue weighted by Crippen LogP contribution is -1.99. The molecule has 0 fully saturated rings. The first-order valence-corrected chi connectivity index (χ1v) is 6.90. The summed E-state index contributed by atoms with van der Waals surface area (Å²) in [5.41, 5.74) is 1.18. The lowest BCUT2D eigenvalue weighted by atomic mass is 10.2. The van der Waals surface area contributed by atoms with Crippen LogP contribution in [0.3, 0.4) is 0 Å². The van der Waals surface area contributed by atoms with Gasteiger partial charge in [0.1, 0.15) is 5.75 Å². The van der Waals surface area contributed by atoms with Gasteiger partial charge in [-0.2, -0.15) is 0 Å². The van der Waals surface area contributed by atoms with Crippen molar-refractivity contribution in [3.05, 3.63) is 72.8 Å². The molecule has 0 heterocycles. The molecule has 2 heteroatoms. The molecule has 0 unspecified atom stereocenters. The van der Waals surface area contributed by atoms with Crippen LogP contribution in [0.4, 0.5) is 0 Å². The minimum absolute atomic E-state index is 0.695. The second-order valence-corrected chi connectivity index (χ2v) is 4.99.